The van der Waals surface area contributed by atoms with Gasteiger partial charge in [-0.1, -0.05) is 26.8 Å². The number of hydrogen-bond donors (Lipinski definition) is 1. The maximum atomic E-state index is 12.6. The van der Waals surface area contributed by atoms with Crippen molar-refractivity contribution < 1.29 is 4.79 Å². The van der Waals surface area contributed by atoms with Crippen molar-refractivity contribution in [2.75, 3.05) is 13.1 Å². The van der Waals surface area contributed by atoms with Crippen LogP contribution in [0, 0.1) is 22.7 Å². The van der Waals surface area contributed by atoms with Gasteiger partial charge in [-0.15, -0.1) is 0 Å². The molecule has 0 spiro atoms. The van der Waals surface area contributed by atoms with Crippen LogP contribution in [0.3, 0.4) is 0 Å². The van der Waals surface area contributed by atoms with Gasteiger partial charge in [0.2, 0.25) is 0 Å². The molecule has 2 amide bonds. The molecule has 1 aromatic rings. The number of hydrogen-bond acceptors (Lipinski definition) is 3. The second-order valence-electron chi connectivity index (χ2n) is 7.44. The second kappa shape index (κ2) is 7.45. The number of pyridine rings is 1. The molecule has 2 rings (SSSR count). The van der Waals surface area contributed by atoms with Gasteiger partial charge in [0, 0.05) is 31.4 Å². The van der Waals surface area contributed by atoms with Crippen LogP contribution in [0.25, 0.3) is 0 Å². The van der Waals surface area contributed by atoms with Gasteiger partial charge in [0.1, 0.15) is 0 Å². The Labute approximate surface area is 138 Å². The van der Waals surface area contributed by atoms with E-state index in [4.69, 9.17) is 5.26 Å². The van der Waals surface area contributed by atoms with Crippen LogP contribution < -0.4 is 5.32 Å². The molecule has 1 saturated heterocycles. The SMILES string of the molecule is CC(C)(C)CC(NC(=O)N1CCC(C#N)CC1)c1cccnc1. The molecule has 0 aromatic carbocycles. The van der Waals surface area contributed by atoms with Crippen LogP contribution in [0.2, 0.25) is 0 Å². The molecule has 0 saturated carbocycles. The lowest BCUT2D eigenvalue weighted by Gasteiger charge is -2.33. The van der Waals surface area contributed by atoms with Crippen LogP contribution >= 0.6 is 0 Å². The molecule has 0 radical (unpaired) electrons. The lowest BCUT2D eigenvalue weighted by molar-refractivity contribution is 0.171. The van der Waals surface area contributed by atoms with Crippen LogP contribution in [0.4, 0.5) is 4.79 Å². The summed E-state index contributed by atoms with van der Waals surface area (Å²) in [7, 11) is 0. The number of nitrogens with one attached hydrogen (secondary N) is 1. The molecular weight excluding hydrogens is 288 g/mol. The van der Waals surface area contributed by atoms with Crippen LogP contribution in [0.1, 0.15) is 51.6 Å². The molecule has 1 aliphatic heterocycles. The third-order valence-electron chi connectivity index (χ3n) is 4.17. The Morgan fingerprint density at radius 3 is 2.70 bits per heavy atom. The number of carbonyl (C=O) groups is 1. The van der Waals surface area contributed by atoms with E-state index in [1.165, 1.54) is 0 Å². The predicted molar refractivity (Wildman–Crippen MR) is 89.5 cm³/mol. The molecule has 1 aliphatic rings. The van der Waals surface area contributed by atoms with Crippen molar-refractivity contribution in [2.45, 2.75) is 46.1 Å². The topological polar surface area (TPSA) is 69.0 Å². The third kappa shape index (κ3) is 5.24. The van der Waals surface area contributed by atoms with E-state index >= 15 is 0 Å². The summed E-state index contributed by atoms with van der Waals surface area (Å²) in [6.07, 6.45) is 5.94. The number of carbonyl (C=O) groups excluding carboxylic acids is 1. The van der Waals surface area contributed by atoms with Crippen molar-refractivity contribution in [3.63, 3.8) is 0 Å². The number of amides is 2. The summed E-state index contributed by atoms with van der Waals surface area (Å²) in [4.78, 5) is 18.6. The zero-order valence-electron chi connectivity index (χ0n) is 14.2. The van der Waals surface area contributed by atoms with Crippen molar-refractivity contribution >= 4 is 6.03 Å². The monoisotopic (exact) mass is 314 g/mol. The van der Waals surface area contributed by atoms with Gasteiger partial charge in [-0.3, -0.25) is 4.98 Å². The minimum Gasteiger partial charge on any atom is -0.331 e. The van der Waals surface area contributed by atoms with Gasteiger partial charge < -0.3 is 10.2 Å². The highest BCUT2D eigenvalue weighted by atomic mass is 16.2. The molecule has 1 unspecified atom stereocenters. The fourth-order valence-electron chi connectivity index (χ4n) is 2.90. The summed E-state index contributed by atoms with van der Waals surface area (Å²) >= 11 is 0. The molecular formula is C18H26N4O. The van der Waals surface area contributed by atoms with Gasteiger partial charge in [0.15, 0.2) is 0 Å². The maximum Gasteiger partial charge on any atom is 0.317 e. The minimum atomic E-state index is -0.0510. The predicted octanol–water partition coefficient (Wildman–Crippen LogP) is 3.50. The van der Waals surface area contributed by atoms with E-state index in [9.17, 15) is 4.79 Å². The summed E-state index contributed by atoms with van der Waals surface area (Å²) in [6.45, 7) is 7.81. The Hall–Kier alpha value is -2.09. The standard InChI is InChI=1S/C18H26N4O/c1-18(2,3)11-16(15-5-4-8-20-13-15)21-17(23)22-9-6-14(12-19)7-10-22/h4-5,8,13-14,16H,6-7,9-11H2,1-3H3,(H,21,23). The van der Waals surface area contributed by atoms with Gasteiger partial charge in [0.05, 0.1) is 12.1 Å². The zero-order valence-corrected chi connectivity index (χ0v) is 14.2. The summed E-state index contributed by atoms with van der Waals surface area (Å²) in [5.41, 5.74) is 1.13. The van der Waals surface area contributed by atoms with E-state index in [0.29, 0.717) is 13.1 Å². The molecule has 2 heterocycles. The fourth-order valence-corrected chi connectivity index (χ4v) is 2.90. The molecule has 0 bridgehead atoms. The van der Waals surface area contributed by atoms with Gasteiger partial charge >= 0.3 is 6.03 Å². The largest absolute Gasteiger partial charge is 0.331 e. The van der Waals surface area contributed by atoms with Gasteiger partial charge in [-0.2, -0.15) is 5.26 Å². The molecule has 1 aromatic heterocycles. The molecule has 1 N–H and O–H groups in total. The van der Waals surface area contributed by atoms with Gasteiger partial charge in [-0.25, -0.2) is 4.79 Å². The number of aromatic nitrogens is 1. The van der Waals surface area contributed by atoms with Crippen molar-refractivity contribution in [2.24, 2.45) is 11.3 Å². The average molecular weight is 314 g/mol. The zero-order chi connectivity index (χ0) is 16.9. The quantitative estimate of drug-likeness (QED) is 0.928. The van der Waals surface area contributed by atoms with Crippen LogP contribution in [0.5, 0.6) is 0 Å². The number of urea groups is 1. The van der Waals surface area contributed by atoms with Crippen molar-refractivity contribution in [3.05, 3.63) is 30.1 Å². The second-order valence-corrected chi connectivity index (χ2v) is 7.44. The summed E-state index contributed by atoms with van der Waals surface area (Å²) in [6, 6.07) is 6.11. The van der Waals surface area contributed by atoms with Crippen molar-refractivity contribution in [1.82, 2.24) is 15.2 Å². The van der Waals surface area contributed by atoms with Crippen LogP contribution in [-0.4, -0.2) is 29.0 Å². The van der Waals surface area contributed by atoms with Gasteiger partial charge in [-0.05, 0) is 36.3 Å². The van der Waals surface area contributed by atoms with Gasteiger partial charge in [0.25, 0.3) is 0 Å². The number of piperidine rings is 1. The highest BCUT2D eigenvalue weighted by Crippen LogP contribution is 2.29. The molecule has 0 aliphatic carbocycles. The number of likely N-dealkylation sites (tertiary alicyclic amines) is 1. The smallest absolute Gasteiger partial charge is 0.317 e. The number of nitriles is 1. The maximum absolute atomic E-state index is 12.6. The Kier molecular flexibility index (Phi) is 5.59. The van der Waals surface area contributed by atoms with E-state index in [-0.39, 0.29) is 23.4 Å². The van der Waals surface area contributed by atoms with E-state index in [0.717, 1.165) is 24.8 Å². The minimum absolute atomic E-state index is 0.0421. The van der Waals surface area contributed by atoms with Crippen molar-refractivity contribution in [3.8, 4) is 6.07 Å². The van der Waals surface area contributed by atoms with Crippen molar-refractivity contribution in [1.29, 1.82) is 5.26 Å². The first-order valence-electron chi connectivity index (χ1n) is 8.24. The first-order valence-corrected chi connectivity index (χ1v) is 8.24. The van der Waals surface area contributed by atoms with E-state index < -0.39 is 0 Å². The number of nitrogens with zero attached hydrogens (tertiary/aromatic N) is 3. The number of rotatable bonds is 3. The summed E-state index contributed by atoms with van der Waals surface area (Å²) < 4.78 is 0. The molecule has 5 nitrogen and oxygen atoms in total. The van der Waals surface area contributed by atoms with Crippen LogP contribution in [-0.2, 0) is 0 Å². The van der Waals surface area contributed by atoms with Crippen LogP contribution in [0.15, 0.2) is 24.5 Å². The Morgan fingerprint density at radius 1 is 1.48 bits per heavy atom. The molecule has 124 valence electrons. The summed E-state index contributed by atoms with van der Waals surface area (Å²) in [5, 5.41) is 12.1. The fraction of sp³-hybridized carbons (Fsp3) is 0.611. The summed E-state index contributed by atoms with van der Waals surface area (Å²) in [5.74, 6) is 0.0859. The van der Waals surface area contributed by atoms with E-state index in [1.807, 2.05) is 23.2 Å². The average Bonchev–Trinajstić information content (AvgIpc) is 2.54. The normalized spacial score (nSPS) is 17.4. The third-order valence-corrected chi connectivity index (χ3v) is 4.17. The van der Waals surface area contributed by atoms with E-state index in [1.54, 1.807) is 6.20 Å². The highest BCUT2D eigenvalue weighted by molar-refractivity contribution is 5.74. The lowest BCUT2D eigenvalue weighted by Crippen LogP contribution is -2.46. The molecule has 23 heavy (non-hydrogen) atoms. The first kappa shape index (κ1) is 17.3. The molecule has 1 fully saturated rings. The highest BCUT2D eigenvalue weighted by Gasteiger charge is 2.27. The van der Waals surface area contributed by atoms with E-state index in [2.05, 4.69) is 37.1 Å². The first-order chi connectivity index (χ1) is 10.9. The Bertz CT molecular complexity index is 551. The molecule has 1 atom stereocenters. The molecule has 5 heteroatoms. The lowest BCUT2D eigenvalue weighted by atomic mass is 9.86. The Morgan fingerprint density at radius 2 is 2.17 bits per heavy atom. The Balaban J connectivity index is 2.03.